The number of phenols is 4. The Bertz CT molecular complexity index is 1510. The summed E-state index contributed by atoms with van der Waals surface area (Å²) < 4.78 is 22.8. The van der Waals surface area contributed by atoms with Crippen LogP contribution in [0, 0.1) is 0 Å². The Morgan fingerprint density at radius 2 is 1.69 bits per heavy atom. The van der Waals surface area contributed by atoms with E-state index < -0.39 is 35.7 Å². The quantitative estimate of drug-likeness (QED) is 0.275. The van der Waals surface area contributed by atoms with Gasteiger partial charge in [-0.15, -0.1) is 0 Å². The zero-order valence-corrected chi connectivity index (χ0v) is 18.3. The standard InChI is InChI=1S/C25H20O10/c1-32-18-7-12(3-5-14(18)28)24-21(10-26)35-25-20(34-24)9-19-22(23(25)31)16(30)8-17(33-19)11-2-4-13(27)15(29)6-11/h2-9,21,24,26-29,31H,10H2,1H3/t21-,24-/m0/s1. The summed E-state index contributed by atoms with van der Waals surface area (Å²) in [5, 5.41) is 49.8. The Balaban J connectivity index is 1.63. The molecule has 180 valence electrons. The number of aliphatic hydroxyl groups excluding tert-OH is 1. The lowest BCUT2D eigenvalue weighted by molar-refractivity contribution is -0.0139. The van der Waals surface area contributed by atoms with Crippen molar-refractivity contribution in [1.29, 1.82) is 0 Å². The maximum absolute atomic E-state index is 12.9. The topological polar surface area (TPSA) is 159 Å². The van der Waals surface area contributed by atoms with E-state index >= 15 is 0 Å². The minimum atomic E-state index is -0.939. The molecule has 10 heteroatoms. The molecule has 1 aliphatic heterocycles. The molecule has 5 N–H and O–H groups in total. The molecule has 2 heterocycles. The van der Waals surface area contributed by atoms with E-state index in [4.69, 9.17) is 18.6 Å². The molecule has 0 saturated heterocycles. The predicted molar refractivity (Wildman–Crippen MR) is 122 cm³/mol. The summed E-state index contributed by atoms with van der Waals surface area (Å²) in [6, 6.07) is 11.0. The Labute approximate surface area is 197 Å². The highest BCUT2D eigenvalue weighted by molar-refractivity contribution is 5.90. The van der Waals surface area contributed by atoms with Gasteiger partial charge in [0.25, 0.3) is 0 Å². The number of aromatic hydroxyl groups is 4. The highest BCUT2D eigenvalue weighted by Gasteiger charge is 2.36. The second kappa shape index (κ2) is 8.33. The minimum absolute atomic E-state index is 0.00981. The van der Waals surface area contributed by atoms with Crippen LogP contribution in [0.2, 0.25) is 0 Å². The molecule has 5 rings (SSSR count). The van der Waals surface area contributed by atoms with E-state index in [2.05, 4.69) is 0 Å². The second-order valence-electron chi connectivity index (χ2n) is 7.91. The molecule has 1 aliphatic rings. The van der Waals surface area contributed by atoms with Crippen molar-refractivity contribution in [1.82, 2.24) is 0 Å². The molecule has 10 nitrogen and oxygen atoms in total. The third-order valence-corrected chi connectivity index (χ3v) is 5.75. The third kappa shape index (κ3) is 3.69. The van der Waals surface area contributed by atoms with Gasteiger partial charge in [0.15, 0.2) is 52.1 Å². The van der Waals surface area contributed by atoms with Crippen LogP contribution in [0.1, 0.15) is 11.7 Å². The summed E-state index contributed by atoms with van der Waals surface area (Å²) in [6.45, 7) is -0.470. The van der Waals surface area contributed by atoms with E-state index in [1.54, 1.807) is 6.07 Å². The van der Waals surface area contributed by atoms with Gasteiger partial charge < -0.3 is 44.2 Å². The number of aliphatic hydroxyl groups is 1. The molecule has 4 aromatic rings. The predicted octanol–water partition coefficient (Wildman–Crippen LogP) is 3.16. The van der Waals surface area contributed by atoms with E-state index in [-0.39, 0.29) is 45.5 Å². The summed E-state index contributed by atoms with van der Waals surface area (Å²) in [6.07, 6.45) is -1.78. The van der Waals surface area contributed by atoms with Crippen LogP contribution in [-0.2, 0) is 0 Å². The lowest BCUT2D eigenvalue weighted by Gasteiger charge is -2.33. The summed E-state index contributed by atoms with van der Waals surface area (Å²) in [4.78, 5) is 12.9. The first-order valence-electron chi connectivity index (χ1n) is 10.5. The van der Waals surface area contributed by atoms with Crippen molar-refractivity contribution in [3.63, 3.8) is 0 Å². The Morgan fingerprint density at radius 3 is 2.40 bits per heavy atom. The van der Waals surface area contributed by atoms with Crippen molar-refractivity contribution in [2.45, 2.75) is 12.2 Å². The van der Waals surface area contributed by atoms with Crippen molar-refractivity contribution < 1.29 is 44.2 Å². The first-order valence-corrected chi connectivity index (χ1v) is 10.5. The van der Waals surface area contributed by atoms with Gasteiger partial charge in [0.05, 0.1) is 13.7 Å². The number of ether oxygens (including phenoxy) is 3. The maximum atomic E-state index is 12.9. The first kappa shape index (κ1) is 22.2. The number of hydrogen-bond acceptors (Lipinski definition) is 10. The number of hydrogen-bond donors (Lipinski definition) is 5. The number of rotatable bonds is 4. The average molecular weight is 480 g/mol. The Hall–Kier alpha value is -4.57. The SMILES string of the molecule is COc1cc([C@@H]2Oc3cc4oc(-c5ccc(O)c(O)c5)cc(=O)c4c(O)c3O[C@H]2CO)ccc1O. The van der Waals surface area contributed by atoms with Crippen LogP contribution in [-0.4, -0.2) is 45.4 Å². The monoisotopic (exact) mass is 480 g/mol. The van der Waals surface area contributed by atoms with Gasteiger partial charge in [-0.05, 0) is 30.3 Å². The number of fused-ring (bicyclic) bond motifs is 2. The number of phenolic OH excluding ortho intramolecular Hbond substituents is 4. The van der Waals surface area contributed by atoms with Crippen LogP contribution in [0.5, 0.6) is 40.2 Å². The normalized spacial score (nSPS) is 16.9. The van der Waals surface area contributed by atoms with Crippen LogP contribution in [0.15, 0.2) is 57.7 Å². The fourth-order valence-corrected chi connectivity index (χ4v) is 3.99. The summed E-state index contributed by atoms with van der Waals surface area (Å²) in [5.41, 5.74) is 0.259. The van der Waals surface area contributed by atoms with E-state index in [1.807, 2.05) is 0 Å². The first-order chi connectivity index (χ1) is 16.8. The van der Waals surface area contributed by atoms with Gasteiger partial charge in [-0.2, -0.15) is 0 Å². The summed E-state index contributed by atoms with van der Waals surface area (Å²) in [5.74, 6) is -1.09. The van der Waals surface area contributed by atoms with Crippen molar-refractivity contribution in [2.75, 3.05) is 13.7 Å². The smallest absolute Gasteiger partial charge is 0.204 e. The molecule has 0 unspecified atom stereocenters. The third-order valence-electron chi connectivity index (χ3n) is 5.75. The van der Waals surface area contributed by atoms with Crippen LogP contribution in [0.25, 0.3) is 22.3 Å². The molecular formula is C25H20O10. The molecule has 3 aromatic carbocycles. The molecule has 2 atom stereocenters. The van der Waals surface area contributed by atoms with Crippen LogP contribution in [0.4, 0.5) is 0 Å². The molecule has 0 aliphatic carbocycles. The highest BCUT2D eigenvalue weighted by Crippen LogP contribution is 2.49. The molecule has 0 amide bonds. The van der Waals surface area contributed by atoms with Crippen molar-refractivity contribution in [3.8, 4) is 51.6 Å². The van der Waals surface area contributed by atoms with Crippen molar-refractivity contribution in [3.05, 3.63) is 64.3 Å². The molecule has 0 fully saturated rings. The average Bonchev–Trinajstić information content (AvgIpc) is 2.85. The van der Waals surface area contributed by atoms with Gasteiger partial charge in [0, 0.05) is 23.3 Å². The lowest BCUT2D eigenvalue weighted by Crippen LogP contribution is -2.36. The van der Waals surface area contributed by atoms with E-state index in [0.717, 1.165) is 6.07 Å². The van der Waals surface area contributed by atoms with Gasteiger partial charge in [0.1, 0.15) is 16.7 Å². The fourth-order valence-electron chi connectivity index (χ4n) is 3.99. The van der Waals surface area contributed by atoms with E-state index in [1.165, 1.54) is 43.5 Å². The lowest BCUT2D eigenvalue weighted by atomic mass is 10.0. The second-order valence-corrected chi connectivity index (χ2v) is 7.91. The number of benzene rings is 3. The fraction of sp³-hybridized carbons (Fsp3) is 0.160. The van der Waals surface area contributed by atoms with E-state index in [0.29, 0.717) is 11.1 Å². The molecule has 0 radical (unpaired) electrons. The van der Waals surface area contributed by atoms with Gasteiger partial charge in [-0.3, -0.25) is 4.79 Å². The molecular weight excluding hydrogens is 460 g/mol. The minimum Gasteiger partial charge on any atom is -0.504 e. The molecule has 0 saturated carbocycles. The van der Waals surface area contributed by atoms with Gasteiger partial charge in [-0.25, -0.2) is 0 Å². The van der Waals surface area contributed by atoms with Gasteiger partial charge in [0.2, 0.25) is 5.75 Å². The highest BCUT2D eigenvalue weighted by atomic mass is 16.6. The Morgan fingerprint density at radius 1 is 0.914 bits per heavy atom. The van der Waals surface area contributed by atoms with Gasteiger partial charge >= 0.3 is 0 Å². The zero-order valence-electron chi connectivity index (χ0n) is 18.3. The summed E-state index contributed by atoms with van der Waals surface area (Å²) >= 11 is 0. The zero-order chi connectivity index (χ0) is 24.9. The molecule has 0 bridgehead atoms. The van der Waals surface area contributed by atoms with Crippen LogP contribution < -0.4 is 19.6 Å². The molecule has 1 aromatic heterocycles. The summed E-state index contributed by atoms with van der Waals surface area (Å²) in [7, 11) is 1.40. The Kier molecular flexibility index (Phi) is 5.29. The maximum Gasteiger partial charge on any atom is 0.204 e. The van der Waals surface area contributed by atoms with Crippen LogP contribution in [0.3, 0.4) is 0 Å². The van der Waals surface area contributed by atoms with Crippen molar-refractivity contribution >= 4 is 11.0 Å². The van der Waals surface area contributed by atoms with Crippen molar-refractivity contribution in [2.24, 2.45) is 0 Å². The number of methoxy groups -OCH3 is 1. The van der Waals surface area contributed by atoms with Crippen LogP contribution >= 0.6 is 0 Å². The molecule has 35 heavy (non-hydrogen) atoms. The molecule has 0 spiro atoms. The van der Waals surface area contributed by atoms with Gasteiger partial charge in [-0.1, -0.05) is 6.07 Å². The van der Waals surface area contributed by atoms with E-state index in [9.17, 15) is 30.3 Å². The largest absolute Gasteiger partial charge is 0.504 e.